The third-order valence-corrected chi connectivity index (χ3v) is 1.62. The van der Waals surface area contributed by atoms with Crippen molar-refractivity contribution in [1.29, 1.82) is 0 Å². The minimum Gasteiger partial charge on any atom is -0.460 e. The molecule has 0 saturated heterocycles. The van der Waals surface area contributed by atoms with Gasteiger partial charge < -0.3 is 4.74 Å². The Kier molecular flexibility index (Phi) is 3.02. The predicted molar refractivity (Wildman–Crippen MR) is 43.5 cm³/mol. The molecule has 0 aromatic carbocycles. The Labute approximate surface area is 71.4 Å². The van der Waals surface area contributed by atoms with Crippen LogP contribution in [0.2, 0.25) is 0 Å². The van der Waals surface area contributed by atoms with Crippen molar-refractivity contribution in [2.45, 2.75) is 19.8 Å². The first-order chi connectivity index (χ1) is 5.74. The number of allylic oxidation sites excluding steroid dienone is 1. The van der Waals surface area contributed by atoms with Gasteiger partial charge in [0.15, 0.2) is 0 Å². The summed E-state index contributed by atoms with van der Waals surface area (Å²) in [7, 11) is 0. The maximum Gasteiger partial charge on any atom is 0.378 e. The van der Waals surface area contributed by atoms with Crippen LogP contribution in [0.3, 0.4) is 0 Å². The summed E-state index contributed by atoms with van der Waals surface area (Å²) >= 11 is 0. The van der Waals surface area contributed by atoms with E-state index in [4.69, 9.17) is 0 Å². The molecule has 0 spiro atoms. The summed E-state index contributed by atoms with van der Waals surface area (Å²) in [6, 6.07) is 0. The lowest BCUT2D eigenvalue weighted by atomic mass is 10.3. The van der Waals surface area contributed by atoms with Crippen LogP contribution in [0.5, 0.6) is 0 Å². The third kappa shape index (κ3) is 2.86. The fourth-order valence-corrected chi connectivity index (χ4v) is 0.782. The molecular weight excluding hydrogens is 156 g/mol. The van der Waals surface area contributed by atoms with E-state index >= 15 is 0 Å². The molecule has 0 N–H and O–H groups in total. The van der Waals surface area contributed by atoms with E-state index in [1.165, 1.54) is 6.08 Å². The summed E-state index contributed by atoms with van der Waals surface area (Å²) in [5.74, 6) is -0.790. The summed E-state index contributed by atoms with van der Waals surface area (Å²) in [5, 5.41) is 0. The van der Waals surface area contributed by atoms with Crippen LogP contribution in [0.1, 0.15) is 19.8 Å². The number of rotatable bonds is 4. The van der Waals surface area contributed by atoms with Crippen LogP contribution in [0.25, 0.3) is 0 Å². The van der Waals surface area contributed by atoms with Gasteiger partial charge in [0, 0.05) is 0 Å². The molecule has 1 fully saturated rings. The highest BCUT2D eigenvalue weighted by molar-refractivity contribution is 6.38. The van der Waals surface area contributed by atoms with Gasteiger partial charge in [-0.3, -0.25) is 4.79 Å². The maximum absolute atomic E-state index is 10.9. The van der Waals surface area contributed by atoms with Crippen molar-refractivity contribution in [1.82, 2.24) is 0 Å². The number of hydrogen-bond acceptors (Lipinski definition) is 3. The van der Waals surface area contributed by atoms with Gasteiger partial charge in [-0.15, -0.1) is 0 Å². The molecule has 0 aromatic heterocycles. The molecule has 0 atom stereocenters. The molecule has 1 rings (SSSR count). The highest BCUT2D eigenvalue weighted by Crippen LogP contribution is 2.29. The van der Waals surface area contributed by atoms with Gasteiger partial charge in [-0.25, -0.2) is 4.79 Å². The quantitative estimate of drug-likeness (QED) is 0.358. The Balaban J connectivity index is 2.30. The van der Waals surface area contributed by atoms with E-state index in [0.717, 1.165) is 12.8 Å². The van der Waals surface area contributed by atoms with Gasteiger partial charge in [0.05, 0.1) is 6.61 Å². The smallest absolute Gasteiger partial charge is 0.378 e. The van der Waals surface area contributed by atoms with E-state index in [0.29, 0.717) is 5.92 Å². The number of carbonyl (C=O) groups is 2. The van der Waals surface area contributed by atoms with Crippen molar-refractivity contribution in [3.63, 3.8) is 0 Å². The van der Waals surface area contributed by atoms with Crippen molar-refractivity contribution >= 4 is 11.8 Å². The van der Waals surface area contributed by atoms with Crippen molar-refractivity contribution < 1.29 is 14.3 Å². The Morgan fingerprint density at radius 3 is 2.67 bits per heavy atom. The zero-order valence-corrected chi connectivity index (χ0v) is 7.08. The standard InChI is InChI=1S/C9H12O3/c1-2-12-9(11)8(10)6-5-7-3-4-7/h5-7H,2-4H2,1H3/b6-5+. The Morgan fingerprint density at radius 2 is 2.17 bits per heavy atom. The number of ketones is 1. The second-order valence-corrected chi connectivity index (χ2v) is 2.78. The maximum atomic E-state index is 10.9. The fourth-order valence-electron chi connectivity index (χ4n) is 0.782. The second kappa shape index (κ2) is 4.04. The number of hydrogen-bond donors (Lipinski definition) is 0. The molecule has 0 bridgehead atoms. The summed E-state index contributed by atoms with van der Waals surface area (Å²) in [4.78, 5) is 21.7. The molecular formula is C9H12O3. The van der Waals surface area contributed by atoms with Crippen molar-refractivity contribution in [3.8, 4) is 0 Å². The monoisotopic (exact) mass is 168 g/mol. The van der Waals surface area contributed by atoms with Gasteiger partial charge in [0.25, 0.3) is 5.78 Å². The first-order valence-electron chi connectivity index (χ1n) is 4.13. The topological polar surface area (TPSA) is 43.4 Å². The van der Waals surface area contributed by atoms with Crippen LogP contribution in [0, 0.1) is 5.92 Å². The molecule has 0 amide bonds. The Hall–Kier alpha value is -1.12. The molecule has 0 aliphatic heterocycles. The van der Waals surface area contributed by atoms with E-state index in [-0.39, 0.29) is 6.61 Å². The lowest BCUT2D eigenvalue weighted by Crippen LogP contribution is -2.14. The zero-order chi connectivity index (χ0) is 8.97. The van der Waals surface area contributed by atoms with Crippen LogP contribution in [0.15, 0.2) is 12.2 Å². The van der Waals surface area contributed by atoms with Gasteiger partial charge in [0.2, 0.25) is 0 Å². The SMILES string of the molecule is CCOC(=O)C(=O)/C=C/C1CC1. The molecule has 1 aliphatic carbocycles. The summed E-state index contributed by atoms with van der Waals surface area (Å²) in [6.07, 6.45) is 5.36. The molecule has 0 aromatic rings. The molecule has 1 aliphatic rings. The average Bonchev–Trinajstić information content (AvgIpc) is 2.83. The lowest BCUT2D eigenvalue weighted by molar-refractivity contribution is -0.151. The molecule has 12 heavy (non-hydrogen) atoms. The van der Waals surface area contributed by atoms with Gasteiger partial charge in [-0.2, -0.15) is 0 Å². The van der Waals surface area contributed by atoms with E-state index in [2.05, 4.69) is 4.74 Å². The summed E-state index contributed by atoms with van der Waals surface area (Å²) in [6.45, 7) is 1.93. The molecule has 3 heteroatoms. The van der Waals surface area contributed by atoms with E-state index in [1.54, 1.807) is 13.0 Å². The first-order valence-corrected chi connectivity index (χ1v) is 4.13. The van der Waals surface area contributed by atoms with Crippen LogP contribution in [0.4, 0.5) is 0 Å². The second-order valence-electron chi connectivity index (χ2n) is 2.78. The minimum atomic E-state index is -0.755. The van der Waals surface area contributed by atoms with Gasteiger partial charge >= 0.3 is 5.97 Å². The molecule has 0 unspecified atom stereocenters. The third-order valence-electron chi connectivity index (χ3n) is 1.62. The van der Waals surface area contributed by atoms with Gasteiger partial charge in [-0.1, -0.05) is 6.08 Å². The Morgan fingerprint density at radius 1 is 1.50 bits per heavy atom. The van der Waals surface area contributed by atoms with Gasteiger partial charge in [-0.05, 0) is 31.8 Å². The van der Waals surface area contributed by atoms with Crippen molar-refractivity contribution in [2.24, 2.45) is 5.92 Å². The highest BCUT2D eigenvalue weighted by atomic mass is 16.5. The molecule has 1 saturated carbocycles. The zero-order valence-electron chi connectivity index (χ0n) is 7.08. The fraction of sp³-hybridized carbons (Fsp3) is 0.556. The molecule has 66 valence electrons. The average molecular weight is 168 g/mol. The van der Waals surface area contributed by atoms with Crippen LogP contribution < -0.4 is 0 Å². The molecule has 0 heterocycles. The van der Waals surface area contributed by atoms with Gasteiger partial charge in [0.1, 0.15) is 0 Å². The summed E-state index contributed by atoms with van der Waals surface area (Å²) in [5.41, 5.74) is 0. The van der Waals surface area contributed by atoms with E-state index in [9.17, 15) is 9.59 Å². The minimum absolute atomic E-state index is 0.252. The number of esters is 1. The highest BCUT2D eigenvalue weighted by Gasteiger charge is 2.19. The largest absolute Gasteiger partial charge is 0.460 e. The summed E-state index contributed by atoms with van der Waals surface area (Å²) < 4.78 is 4.52. The normalized spacial score (nSPS) is 16.4. The van der Waals surface area contributed by atoms with Crippen LogP contribution in [-0.4, -0.2) is 18.4 Å². The number of carbonyl (C=O) groups excluding carboxylic acids is 2. The van der Waals surface area contributed by atoms with E-state index in [1.807, 2.05) is 0 Å². The predicted octanol–water partition coefficient (Wildman–Crippen LogP) is 1.08. The van der Waals surface area contributed by atoms with Crippen LogP contribution >= 0.6 is 0 Å². The van der Waals surface area contributed by atoms with E-state index < -0.39 is 11.8 Å². The molecule has 0 radical (unpaired) electrons. The van der Waals surface area contributed by atoms with Crippen LogP contribution in [-0.2, 0) is 14.3 Å². The van der Waals surface area contributed by atoms with Crippen molar-refractivity contribution in [2.75, 3.05) is 6.61 Å². The Bertz CT molecular complexity index is 214. The molecule has 3 nitrogen and oxygen atoms in total. The lowest BCUT2D eigenvalue weighted by Gasteiger charge is -1.94. The first kappa shape index (κ1) is 8.97. The number of ether oxygens (including phenoxy) is 1. The van der Waals surface area contributed by atoms with Crippen molar-refractivity contribution in [3.05, 3.63) is 12.2 Å².